The normalized spacial score (nSPS) is 14.2. The van der Waals surface area contributed by atoms with Crippen LogP contribution in [0.3, 0.4) is 0 Å². The quantitative estimate of drug-likeness (QED) is 0.0621. The number of aliphatic hydroxyl groups excluding tert-OH is 3. The standard InChI is InChI=1S/C32H63NO4/c1-3-5-7-9-11-13-14-15-16-17-18-19-21-22-24-26-30(35)29(28-34)33-32(37)31(36)27-25-23-20-12-10-8-6-4-2/h20,23,29-31,34-36H,3-19,21-22,24-28H2,1-2H3,(H,33,37)/b23-20-. The maximum Gasteiger partial charge on any atom is 0.249 e. The maximum atomic E-state index is 12.3. The minimum atomic E-state index is -1.11. The van der Waals surface area contributed by atoms with Crippen LogP contribution in [0.15, 0.2) is 12.2 Å². The fourth-order valence-corrected chi connectivity index (χ4v) is 4.78. The van der Waals surface area contributed by atoms with Crippen molar-refractivity contribution in [1.82, 2.24) is 5.32 Å². The first-order chi connectivity index (χ1) is 18.1. The molecule has 0 heterocycles. The van der Waals surface area contributed by atoms with Crippen LogP contribution in [-0.4, -0.2) is 46.1 Å². The second-order valence-electron chi connectivity index (χ2n) is 11.0. The van der Waals surface area contributed by atoms with Gasteiger partial charge in [0.15, 0.2) is 0 Å². The first kappa shape index (κ1) is 36.1. The molecule has 1 amide bonds. The summed E-state index contributed by atoms with van der Waals surface area (Å²) in [5.41, 5.74) is 0. The van der Waals surface area contributed by atoms with Gasteiger partial charge in [0.25, 0.3) is 0 Å². The van der Waals surface area contributed by atoms with Gasteiger partial charge in [-0.15, -0.1) is 0 Å². The third-order valence-electron chi connectivity index (χ3n) is 7.39. The summed E-state index contributed by atoms with van der Waals surface area (Å²) in [4.78, 5) is 12.3. The molecule has 0 bridgehead atoms. The van der Waals surface area contributed by atoms with Crippen molar-refractivity contribution in [3.8, 4) is 0 Å². The van der Waals surface area contributed by atoms with Crippen LogP contribution in [-0.2, 0) is 4.79 Å². The number of nitrogens with one attached hydrogen (secondary N) is 1. The van der Waals surface area contributed by atoms with Gasteiger partial charge in [-0.2, -0.15) is 0 Å². The number of allylic oxidation sites excluding steroid dienone is 2. The Morgan fingerprint density at radius 3 is 1.54 bits per heavy atom. The molecule has 0 saturated heterocycles. The smallest absolute Gasteiger partial charge is 0.249 e. The molecule has 5 heteroatoms. The van der Waals surface area contributed by atoms with Gasteiger partial charge in [-0.25, -0.2) is 0 Å². The number of unbranched alkanes of at least 4 members (excludes halogenated alkanes) is 18. The first-order valence-corrected chi connectivity index (χ1v) is 16.0. The summed E-state index contributed by atoms with van der Waals surface area (Å²) in [5.74, 6) is -0.508. The van der Waals surface area contributed by atoms with Gasteiger partial charge in [0.2, 0.25) is 5.91 Å². The summed E-state index contributed by atoms with van der Waals surface area (Å²) < 4.78 is 0. The van der Waals surface area contributed by atoms with Gasteiger partial charge in [-0.1, -0.05) is 142 Å². The molecule has 0 aromatic heterocycles. The fraction of sp³-hybridized carbons (Fsp3) is 0.906. The maximum absolute atomic E-state index is 12.3. The van der Waals surface area contributed by atoms with Crippen LogP contribution >= 0.6 is 0 Å². The Labute approximate surface area is 229 Å². The Balaban J connectivity index is 3.73. The molecule has 0 aliphatic rings. The monoisotopic (exact) mass is 525 g/mol. The number of rotatable bonds is 28. The first-order valence-electron chi connectivity index (χ1n) is 16.0. The molecule has 0 aliphatic carbocycles. The van der Waals surface area contributed by atoms with Gasteiger partial charge in [0.1, 0.15) is 6.10 Å². The molecule has 0 saturated carbocycles. The van der Waals surface area contributed by atoms with E-state index in [0.717, 1.165) is 19.3 Å². The molecule has 0 aromatic carbocycles. The van der Waals surface area contributed by atoms with Crippen molar-refractivity contribution in [2.24, 2.45) is 0 Å². The molecular weight excluding hydrogens is 462 g/mol. The Morgan fingerprint density at radius 1 is 0.622 bits per heavy atom. The third kappa shape index (κ3) is 23.9. The molecule has 5 nitrogen and oxygen atoms in total. The average molecular weight is 526 g/mol. The second kappa shape index (κ2) is 28.1. The number of carbonyl (C=O) groups excluding carboxylic acids is 1. The molecule has 0 aromatic rings. The molecule has 3 unspecified atom stereocenters. The number of hydrogen-bond donors (Lipinski definition) is 4. The zero-order chi connectivity index (χ0) is 27.4. The van der Waals surface area contributed by atoms with Crippen LogP contribution in [0.1, 0.15) is 162 Å². The van der Waals surface area contributed by atoms with Crippen molar-refractivity contribution in [3.63, 3.8) is 0 Å². The predicted octanol–water partition coefficient (Wildman–Crippen LogP) is 7.75. The Bertz CT molecular complexity index is 511. The van der Waals surface area contributed by atoms with E-state index in [1.54, 1.807) is 0 Å². The SMILES string of the molecule is CCCCCC/C=C\CCC(O)C(=O)NC(CO)C(O)CCCCCCCCCCCCCCCCC. The predicted molar refractivity (Wildman–Crippen MR) is 158 cm³/mol. The number of amides is 1. The van der Waals surface area contributed by atoms with Crippen molar-refractivity contribution in [2.75, 3.05) is 6.61 Å². The van der Waals surface area contributed by atoms with Gasteiger partial charge >= 0.3 is 0 Å². The van der Waals surface area contributed by atoms with E-state index in [2.05, 4.69) is 25.2 Å². The Hall–Kier alpha value is -0.910. The number of hydrogen-bond acceptors (Lipinski definition) is 4. The molecule has 0 fully saturated rings. The third-order valence-corrected chi connectivity index (χ3v) is 7.39. The lowest BCUT2D eigenvalue weighted by Crippen LogP contribution is -2.49. The minimum Gasteiger partial charge on any atom is -0.394 e. The van der Waals surface area contributed by atoms with E-state index in [1.165, 1.54) is 109 Å². The van der Waals surface area contributed by atoms with E-state index in [9.17, 15) is 20.1 Å². The van der Waals surface area contributed by atoms with E-state index in [1.807, 2.05) is 6.08 Å². The zero-order valence-corrected chi connectivity index (χ0v) is 24.6. The molecule has 0 aliphatic heterocycles. The summed E-state index contributed by atoms with van der Waals surface area (Å²) in [6, 6.07) is -0.720. The van der Waals surface area contributed by atoms with Crippen molar-refractivity contribution in [1.29, 1.82) is 0 Å². The van der Waals surface area contributed by atoms with Gasteiger partial charge in [0.05, 0.1) is 18.8 Å². The lowest BCUT2D eigenvalue weighted by molar-refractivity contribution is -0.131. The second-order valence-corrected chi connectivity index (χ2v) is 11.0. The minimum absolute atomic E-state index is 0.323. The van der Waals surface area contributed by atoms with E-state index in [-0.39, 0.29) is 6.61 Å². The van der Waals surface area contributed by atoms with Crippen LogP contribution in [0, 0.1) is 0 Å². The van der Waals surface area contributed by atoms with Crippen LogP contribution in [0.2, 0.25) is 0 Å². The van der Waals surface area contributed by atoms with Crippen LogP contribution in [0.25, 0.3) is 0 Å². The van der Waals surface area contributed by atoms with Crippen molar-refractivity contribution < 1.29 is 20.1 Å². The van der Waals surface area contributed by atoms with E-state index < -0.39 is 24.2 Å². The van der Waals surface area contributed by atoms with Gasteiger partial charge < -0.3 is 20.6 Å². The molecule has 0 spiro atoms. The fourth-order valence-electron chi connectivity index (χ4n) is 4.78. The van der Waals surface area contributed by atoms with Crippen LogP contribution < -0.4 is 5.32 Å². The molecule has 0 radical (unpaired) electrons. The summed E-state index contributed by atoms with van der Waals surface area (Å²) >= 11 is 0. The molecule has 0 rings (SSSR count). The molecule has 220 valence electrons. The van der Waals surface area contributed by atoms with E-state index >= 15 is 0 Å². The molecule has 4 N–H and O–H groups in total. The summed E-state index contributed by atoms with van der Waals surface area (Å²) in [7, 11) is 0. The van der Waals surface area contributed by atoms with Crippen LogP contribution in [0.5, 0.6) is 0 Å². The van der Waals surface area contributed by atoms with Gasteiger partial charge in [0, 0.05) is 0 Å². The van der Waals surface area contributed by atoms with Crippen molar-refractivity contribution in [3.05, 3.63) is 12.2 Å². The summed E-state index contributed by atoms with van der Waals surface area (Å²) in [5, 5.41) is 32.8. The van der Waals surface area contributed by atoms with E-state index in [4.69, 9.17) is 0 Å². The highest BCUT2D eigenvalue weighted by Gasteiger charge is 2.23. The Morgan fingerprint density at radius 2 is 1.05 bits per heavy atom. The van der Waals surface area contributed by atoms with Crippen LogP contribution in [0.4, 0.5) is 0 Å². The zero-order valence-electron chi connectivity index (χ0n) is 24.6. The highest BCUT2D eigenvalue weighted by molar-refractivity contribution is 5.80. The lowest BCUT2D eigenvalue weighted by Gasteiger charge is -2.23. The number of carbonyl (C=O) groups is 1. The number of aliphatic hydroxyl groups is 3. The van der Waals surface area contributed by atoms with Gasteiger partial charge in [-0.3, -0.25) is 4.79 Å². The molecular formula is C32H63NO4. The largest absolute Gasteiger partial charge is 0.394 e. The molecule has 37 heavy (non-hydrogen) atoms. The summed E-state index contributed by atoms with van der Waals surface area (Å²) in [6.07, 6.45) is 29.2. The highest BCUT2D eigenvalue weighted by atomic mass is 16.3. The summed E-state index contributed by atoms with van der Waals surface area (Å²) in [6.45, 7) is 4.14. The topological polar surface area (TPSA) is 89.8 Å². The lowest BCUT2D eigenvalue weighted by atomic mass is 10.0. The van der Waals surface area contributed by atoms with Crippen molar-refractivity contribution in [2.45, 2.75) is 180 Å². The van der Waals surface area contributed by atoms with E-state index in [0.29, 0.717) is 19.3 Å². The Kier molecular flexibility index (Phi) is 27.4. The average Bonchev–Trinajstić information content (AvgIpc) is 2.90. The van der Waals surface area contributed by atoms with Gasteiger partial charge in [-0.05, 0) is 32.1 Å². The van der Waals surface area contributed by atoms with Crippen molar-refractivity contribution >= 4 is 5.91 Å². The highest BCUT2D eigenvalue weighted by Crippen LogP contribution is 2.15. The molecule has 3 atom stereocenters.